The summed E-state index contributed by atoms with van der Waals surface area (Å²) in [5.41, 5.74) is 4.64. The minimum Gasteiger partial charge on any atom is -0.314 e. The molecule has 4 heteroatoms. The van der Waals surface area contributed by atoms with Gasteiger partial charge in [-0.2, -0.15) is 5.10 Å². The Balaban J connectivity index is 2.49. The second-order valence-electron chi connectivity index (χ2n) is 3.81. The van der Waals surface area contributed by atoms with Gasteiger partial charge in [-0.1, -0.05) is 0 Å². The molecule has 0 atom stereocenters. The molecule has 0 bridgehead atoms. The average molecular weight is 216 g/mol. The van der Waals surface area contributed by atoms with Crippen molar-refractivity contribution >= 4 is 0 Å². The number of aromatic nitrogens is 3. The van der Waals surface area contributed by atoms with E-state index >= 15 is 0 Å². The smallest absolute Gasteiger partial charge is 0.0797 e. The van der Waals surface area contributed by atoms with E-state index in [0.29, 0.717) is 0 Å². The van der Waals surface area contributed by atoms with Crippen LogP contribution in [0.25, 0.3) is 11.3 Å². The first-order chi connectivity index (χ1) is 7.74. The molecule has 0 amide bonds. The number of nitrogens with zero attached hydrogens (tertiary/aromatic N) is 3. The van der Waals surface area contributed by atoms with E-state index in [1.807, 2.05) is 30.9 Å². The molecule has 0 aromatic carbocycles. The summed E-state index contributed by atoms with van der Waals surface area (Å²) in [4.78, 5) is 4.03. The fourth-order valence-electron chi connectivity index (χ4n) is 1.93. The second-order valence-corrected chi connectivity index (χ2v) is 3.81. The second kappa shape index (κ2) is 4.45. The molecule has 0 saturated heterocycles. The zero-order chi connectivity index (χ0) is 11.5. The van der Waals surface area contributed by atoms with Gasteiger partial charge in [-0.15, -0.1) is 0 Å². The van der Waals surface area contributed by atoms with E-state index in [1.54, 1.807) is 12.4 Å². The summed E-state index contributed by atoms with van der Waals surface area (Å²) in [5, 5.41) is 7.64. The molecule has 2 heterocycles. The molecule has 0 unspecified atom stereocenters. The van der Waals surface area contributed by atoms with Crippen LogP contribution in [0.1, 0.15) is 11.3 Å². The predicted molar refractivity (Wildman–Crippen MR) is 63.9 cm³/mol. The van der Waals surface area contributed by atoms with Gasteiger partial charge in [-0.05, 0) is 31.7 Å². The van der Waals surface area contributed by atoms with E-state index in [4.69, 9.17) is 0 Å². The van der Waals surface area contributed by atoms with Gasteiger partial charge < -0.3 is 5.32 Å². The van der Waals surface area contributed by atoms with Gasteiger partial charge in [0.15, 0.2) is 0 Å². The van der Waals surface area contributed by atoms with Crippen molar-refractivity contribution in [3.8, 4) is 11.3 Å². The van der Waals surface area contributed by atoms with E-state index < -0.39 is 0 Å². The third-order valence-corrected chi connectivity index (χ3v) is 2.68. The van der Waals surface area contributed by atoms with E-state index in [1.165, 1.54) is 5.56 Å². The van der Waals surface area contributed by atoms with Crippen molar-refractivity contribution in [3.05, 3.63) is 35.8 Å². The van der Waals surface area contributed by atoms with Crippen LogP contribution < -0.4 is 5.32 Å². The molecular formula is C12H16N4. The average Bonchev–Trinajstić information content (AvgIpc) is 2.56. The third-order valence-electron chi connectivity index (χ3n) is 2.68. The van der Waals surface area contributed by atoms with Crippen molar-refractivity contribution in [2.24, 2.45) is 7.05 Å². The Morgan fingerprint density at radius 1 is 1.31 bits per heavy atom. The molecule has 0 aliphatic heterocycles. The Morgan fingerprint density at radius 3 is 2.62 bits per heavy atom. The summed E-state index contributed by atoms with van der Waals surface area (Å²) in [6.07, 6.45) is 3.61. The van der Waals surface area contributed by atoms with Crippen molar-refractivity contribution in [2.75, 3.05) is 7.05 Å². The van der Waals surface area contributed by atoms with Crippen LogP contribution in [0.4, 0.5) is 0 Å². The SMILES string of the molecule is CNCc1nn(C)c(-c2ccncc2)c1C. The predicted octanol–water partition coefficient (Wildman–Crippen LogP) is 1.51. The van der Waals surface area contributed by atoms with Crippen molar-refractivity contribution < 1.29 is 0 Å². The van der Waals surface area contributed by atoms with Crippen LogP contribution in [0.5, 0.6) is 0 Å². The van der Waals surface area contributed by atoms with Crippen LogP contribution in [0.15, 0.2) is 24.5 Å². The fourth-order valence-corrected chi connectivity index (χ4v) is 1.93. The van der Waals surface area contributed by atoms with E-state index in [0.717, 1.165) is 23.5 Å². The maximum Gasteiger partial charge on any atom is 0.0797 e. The molecule has 2 rings (SSSR count). The number of hydrogen-bond acceptors (Lipinski definition) is 3. The van der Waals surface area contributed by atoms with Crippen LogP contribution >= 0.6 is 0 Å². The minimum atomic E-state index is 0.796. The van der Waals surface area contributed by atoms with Gasteiger partial charge in [0.05, 0.1) is 11.4 Å². The Labute approximate surface area is 95.3 Å². The lowest BCUT2D eigenvalue weighted by Gasteiger charge is -2.02. The first-order valence-corrected chi connectivity index (χ1v) is 5.31. The van der Waals surface area contributed by atoms with Gasteiger partial charge in [0.2, 0.25) is 0 Å². The van der Waals surface area contributed by atoms with Gasteiger partial charge in [-0.3, -0.25) is 9.67 Å². The topological polar surface area (TPSA) is 42.7 Å². The number of nitrogens with one attached hydrogen (secondary N) is 1. The molecule has 4 nitrogen and oxygen atoms in total. The lowest BCUT2D eigenvalue weighted by Crippen LogP contribution is -2.06. The molecule has 0 spiro atoms. The highest BCUT2D eigenvalue weighted by molar-refractivity contribution is 5.63. The number of pyridine rings is 1. The highest BCUT2D eigenvalue weighted by atomic mass is 15.3. The lowest BCUT2D eigenvalue weighted by molar-refractivity contribution is 0.715. The molecule has 84 valence electrons. The Bertz CT molecular complexity index is 473. The zero-order valence-corrected chi connectivity index (χ0v) is 9.86. The molecule has 0 saturated carbocycles. The maximum atomic E-state index is 4.51. The van der Waals surface area contributed by atoms with Gasteiger partial charge in [0.25, 0.3) is 0 Å². The van der Waals surface area contributed by atoms with Crippen LogP contribution in [-0.4, -0.2) is 21.8 Å². The summed E-state index contributed by atoms with van der Waals surface area (Å²) in [5.74, 6) is 0. The number of rotatable bonds is 3. The number of aryl methyl sites for hydroxylation is 1. The summed E-state index contributed by atoms with van der Waals surface area (Å²) in [7, 11) is 3.90. The minimum absolute atomic E-state index is 0.796. The molecule has 0 aliphatic rings. The van der Waals surface area contributed by atoms with Crippen LogP contribution in [0.2, 0.25) is 0 Å². The molecule has 0 aliphatic carbocycles. The van der Waals surface area contributed by atoms with Gasteiger partial charge in [0, 0.05) is 31.5 Å². The zero-order valence-electron chi connectivity index (χ0n) is 9.86. The monoisotopic (exact) mass is 216 g/mol. The Morgan fingerprint density at radius 2 is 2.00 bits per heavy atom. The molecule has 1 N–H and O–H groups in total. The summed E-state index contributed by atoms with van der Waals surface area (Å²) < 4.78 is 1.93. The van der Waals surface area contributed by atoms with Crippen LogP contribution in [0, 0.1) is 6.92 Å². The summed E-state index contributed by atoms with van der Waals surface area (Å²) >= 11 is 0. The highest BCUT2D eigenvalue weighted by Gasteiger charge is 2.12. The quantitative estimate of drug-likeness (QED) is 0.845. The van der Waals surface area contributed by atoms with Gasteiger partial charge >= 0.3 is 0 Å². The number of hydrogen-bond donors (Lipinski definition) is 1. The Hall–Kier alpha value is -1.68. The molecule has 2 aromatic rings. The Kier molecular flexibility index (Phi) is 3.01. The van der Waals surface area contributed by atoms with Gasteiger partial charge in [-0.25, -0.2) is 0 Å². The normalized spacial score (nSPS) is 10.7. The van der Waals surface area contributed by atoms with Crippen LogP contribution in [0.3, 0.4) is 0 Å². The molecule has 2 aromatic heterocycles. The van der Waals surface area contributed by atoms with E-state index in [-0.39, 0.29) is 0 Å². The maximum absolute atomic E-state index is 4.51. The van der Waals surface area contributed by atoms with Crippen LogP contribution in [-0.2, 0) is 13.6 Å². The summed E-state index contributed by atoms with van der Waals surface area (Å²) in [6.45, 7) is 2.90. The first-order valence-electron chi connectivity index (χ1n) is 5.31. The van der Waals surface area contributed by atoms with Crippen molar-refractivity contribution in [2.45, 2.75) is 13.5 Å². The summed E-state index contributed by atoms with van der Waals surface area (Å²) in [6, 6.07) is 4.01. The highest BCUT2D eigenvalue weighted by Crippen LogP contribution is 2.24. The van der Waals surface area contributed by atoms with Crippen molar-refractivity contribution in [1.29, 1.82) is 0 Å². The molecule has 0 fully saturated rings. The standard InChI is InChI=1S/C12H16N4/c1-9-11(8-13-2)15-16(3)12(9)10-4-6-14-7-5-10/h4-7,13H,8H2,1-3H3. The third kappa shape index (κ3) is 1.84. The van der Waals surface area contributed by atoms with E-state index in [9.17, 15) is 0 Å². The lowest BCUT2D eigenvalue weighted by atomic mass is 10.1. The fraction of sp³-hybridized carbons (Fsp3) is 0.333. The largest absolute Gasteiger partial charge is 0.314 e. The molecule has 0 radical (unpaired) electrons. The molecule has 16 heavy (non-hydrogen) atoms. The van der Waals surface area contributed by atoms with Crippen molar-refractivity contribution in [3.63, 3.8) is 0 Å². The van der Waals surface area contributed by atoms with E-state index in [2.05, 4.69) is 22.3 Å². The molecular weight excluding hydrogens is 200 g/mol. The van der Waals surface area contributed by atoms with Crippen molar-refractivity contribution in [1.82, 2.24) is 20.1 Å². The van der Waals surface area contributed by atoms with Gasteiger partial charge in [0.1, 0.15) is 0 Å². The first kappa shape index (κ1) is 10.8.